The van der Waals surface area contributed by atoms with Crippen LogP contribution in [0.4, 0.5) is 0 Å². The second-order valence-corrected chi connectivity index (χ2v) is 7.80. The van der Waals surface area contributed by atoms with Crippen LogP contribution < -0.4 is 5.32 Å². The maximum atomic E-state index is 3.86. The first-order chi connectivity index (χ1) is 10.2. The van der Waals surface area contributed by atoms with Gasteiger partial charge >= 0.3 is 0 Å². The maximum absolute atomic E-state index is 3.86. The van der Waals surface area contributed by atoms with Crippen molar-refractivity contribution in [1.82, 2.24) is 10.2 Å². The first-order valence-electron chi connectivity index (χ1n) is 9.66. The largest absolute Gasteiger partial charge is 0.313 e. The molecule has 2 aliphatic rings. The van der Waals surface area contributed by atoms with Gasteiger partial charge in [-0.25, -0.2) is 0 Å². The van der Waals surface area contributed by atoms with Crippen molar-refractivity contribution in [1.29, 1.82) is 0 Å². The first-order valence-corrected chi connectivity index (χ1v) is 9.66. The zero-order valence-electron chi connectivity index (χ0n) is 14.8. The third kappa shape index (κ3) is 5.56. The van der Waals surface area contributed by atoms with Gasteiger partial charge in [-0.2, -0.15) is 0 Å². The minimum Gasteiger partial charge on any atom is -0.313 e. The summed E-state index contributed by atoms with van der Waals surface area (Å²) in [6.45, 7) is 11.0. The summed E-state index contributed by atoms with van der Waals surface area (Å²) in [5.41, 5.74) is 0.567. The van der Waals surface area contributed by atoms with Gasteiger partial charge in [-0.05, 0) is 57.4 Å². The van der Waals surface area contributed by atoms with Gasteiger partial charge in [0.15, 0.2) is 0 Å². The molecule has 0 aromatic heterocycles. The Labute approximate surface area is 133 Å². The van der Waals surface area contributed by atoms with Gasteiger partial charge in [0, 0.05) is 25.2 Å². The van der Waals surface area contributed by atoms with E-state index in [0.717, 1.165) is 12.1 Å². The fourth-order valence-corrected chi connectivity index (χ4v) is 3.85. The van der Waals surface area contributed by atoms with Crippen LogP contribution in [0.5, 0.6) is 0 Å². The van der Waals surface area contributed by atoms with Crippen molar-refractivity contribution >= 4 is 0 Å². The lowest BCUT2D eigenvalue weighted by Gasteiger charge is -2.43. The van der Waals surface area contributed by atoms with E-state index < -0.39 is 0 Å². The van der Waals surface area contributed by atoms with E-state index in [0.29, 0.717) is 5.41 Å². The van der Waals surface area contributed by atoms with Crippen molar-refractivity contribution in [3.8, 4) is 0 Å². The van der Waals surface area contributed by atoms with Crippen molar-refractivity contribution in [2.24, 2.45) is 5.41 Å². The summed E-state index contributed by atoms with van der Waals surface area (Å²) in [7, 11) is 0. The van der Waals surface area contributed by atoms with Crippen LogP contribution in [-0.2, 0) is 0 Å². The molecule has 1 unspecified atom stereocenters. The fourth-order valence-electron chi connectivity index (χ4n) is 3.85. The molecule has 21 heavy (non-hydrogen) atoms. The molecule has 0 aliphatic heterocycles. The first kappa shape index (κ1) is 17.3. The summed E-state index contributed by atoms with van der Waals surface area (Å²) in [5.74, 6) is 0. The maximum Gasteiger partial charge on any atom is 0.00684 e. The molecule has 0 bridgehead atoms. The van der Waals surface area contributed by atoms with E-state index in [9.17, 15) is 0 Å². The van der Waals surface area contributed by atoms with E-state index in [-0.39, 0.29) is 0 Å². The molecule has 2 heteroatoms. The van der Waals surface area contributed by atoms with Gasteiger partial charge in [-0.1, -0.05) is 39.5 Å². The molecule has 0 heterocycles. The van der Waals surface area contributed by atoms with Crippen LogP contribution in [0.1, 0.15) is 85.0 Å². The molecule has 0 aromatic rings. The van der Waals surface area contributed by atoms with Crippen molar-refractivity contribution in [2.75, 3.05) is 19.6 Å². The van der Waals surface area contributed by atoms with Crippen LogP contribution >= 0.6 is 0 Å². The third-order valence-corrected chi connectivity index (χ3v) is 5.81. The smallest absolute Gasteiger partial charge is 0.00684 e. The fraction of sp³-hybridized carbons (Fsp3) is 1.00. The summed E-state index contributed by atoms with van der Waals surface area (Å²) in [6, 6.07) is 1.60. The third-order valence-electron chi connectivity index (χ3n) is 5.81. The molecule has 1 atom stereocenters. The SMILES string of the molecule is CCCCN(CC1(CNC2CC2)CCCCC1)C(C)CC. The molecular formula is C19H38N2. The molecule has 0 aromatic carbocycles. The van der Waals surface area contributed by atoms with E-state index >= 15 is 0 Å². The summed E-state index contributed by atoms with van der Waals surface area (Å²) in [6.07, 6.45) is 14.1. The Bertz CT molecular complexity index is 279. The van der Waals surface area contributed by atoms with Crippen LogP contribution in [0.15, 0.2) is 0 Å². The Morgan fingerprint density at radius 1 is 1.14 bits per heavy atom. The molecule has 2 rings (SSSR count). The Balaban J connectivity index is 1.95. The van der Waals surface area contributed by atoms with Crippen molar-refractivity contribution in [3.05, 3.63) is 0 Å². The number of nitrogens with one attached hydrogen (secondary N) is 1. The zero-order chi connectivity index (χ0) is 15.1. The van der Waals surface area contributed by atoms with Crippen LogP contribution in [0.25, 0.3) is 0 Å². The lowest BCUT2D eigenvalue weighted by atomic mass is 9.73. The minimum atomic E-state index is 0.567. The van der Waals surface area contributed by atoms with Crippen molar-refractivity contribution in [2.45, 2.75) is 97.1 Å². The quantitative estimate of drug-likeness (QED) is 0.634. The summed E-state index contributed by atoms with van der Waals surface area (Å²) >= 11 is 0. The molecule has 2 nitrogen and oxygen atoms in total. The molecule has 1 N–H and O–H groups in total. The average molecular weight is 295 g/mol. The van der Waals surface area contributed by atoms with E-state index in [1.165, 1.54) is 83.8 Å². The number of hydrogen-bond donors (Lipinski definition) is 1. The highest BCUT2D eigenvalue weighted by Crippen LogP contribution is 2.38. The van der Waals surface area contributed by atoms with E-state index in [4.69, 9.17) is 0 Å². The van der Waals surface area contributed by atoms with Gasteiger partial charge < -0.3 is 10.2 Å². The molecular weight excluding hydrogens is 256 g/mol. The molecule has 2 aliphatic carbocycles. The van der Waals surface area contributed by atoms with Gasteiger partial charge in [-0.15, -0.1) is 0 Å². The van der Waals surface area contributed by atoms with E-state index in [1.54, 1.807) is 0 Å². The monoisotopic (exact) mass is 294 g/mol. The summed E-state index contributed by atoms with van der Waals surface area (Å²) in [4.78, 5) is 2.81. The Morgan fingerprint density at radius 3 is 2.43 bits per heavy atom. The highest BCUT2D eigenvalue weighted by atomic mass is 15.2. The predicted octanol–water partition coefficient (Wildman–Crippen LogP) is 4.59. The van der Waals surface area contributed by atoms with Gasteiger partial charge in [0.2, 0.25) is 0 Å². The van der Waals surface area contributed by atoms with E-state index in [1.807, 2.05) is 0 Å². The Kier molecular flexibility index (Phi) is 7.01. The molecule has 0 amide bonds. The van der Waals surface area contributed by atoms with Gasteiger partial charge in [0.05, 0.1) is 0 Å². The average Bonchev–Trinajstić information content (AvgIpc) is 3.34. The highest BCUT2D eigenvalue weighted by Gasteiger charge is 2.36. The molecule has 0 radical (unpaired) electrons. The lowest BCUT2D eigenvalue weighted by Crippen LogP contribution is -2.48. The standard InChI is InChI=1S/C19H38N2/c1-4-6-14-21(17(3)5-2)16-19(12-8-7-9-13-19)15-20-18-10-11-18/h17-18,20H,4-16H2,1-3H3. The molecule has 2 saturated carbocycles. The number of unbranched alkanes of at least 4 members (excludes halogenated alkanes) is 1. The molecule has 124 valence electrons. The molecule has 0 spiro atoms. The number of rotatable bonds is 10. The second kappa shape index (κ2) is 8.53. The molecule has 2 fully saturated rings. The lowest BCUT2D eigenvalue weighted by molar-refractivity contribution is 0.0761. The van der Waals surface area contributed by atoms with Crippen LogP contribution in [0.2, 0.25) is 0 Å². The minimum absolute atomic E-state index is 0.567. The normalized spacial score (nSPS) is 23.4. The van der Waals surface area contributed by atoms with Crippen LogP contribution in [0.3, 0.4) is 0 Å². The van der Waals surface area contributed by atoms with Gasteiger partial charge in [0.25, 0.3) is 0 Å². The van der Waals surface area contributed by atoms with Crippen molar-refractivity contribution < 1.29 is 0 Å². The number of nitrogens with zero attached hydrogens (tertiary/aromatic N) is 1. The summed E-state index contributed by atoms with van der Waals surface area (Å²) < 4.78 is 0. The zero-order valence-corrected chi connectivity index (χ0v) is 14.8. The van der Waals surface area contributed by atoms with Crippen molar-refractivity contribution in [3.63, 3.8) is 0 Å². The Hall–Kier alpha value is -0.0800. The molecule has 0 saturated heterocycles. The number of hydrogen-bond acceptors (Lipinski definition) is 2. The second-order valence-electron chi connectivity index (χ2n) is 7.80. The predicted molar refractivity (Wildman–Crippen MR) is 92.8 cm³/mol. The van der Waals surface area contributed by atoms with Gasteiger partial charge in [-0.3, -0.25) is 0 Å². The van der Waals surface area contributed by atoms with Gasteiger partial charge in [0.1, 0.15) is 0 Å². The topological polar surface area (TPSA) is 15.3 Å². The van der Waals surface area contributed by atoms with Crippen LogP contribution in [-0.4, -0.2) is 36.6 Å². The highest BCUT2D eigenvalue weighted by molar-refractivity contribution is 4.92. The van der Waals surface area contributed by atoms with E-state index in [2.05, 4.69) is 31.0 Å². The Morgan fingerprint density at radius 2 is 1.86 bits per heavy atom. The van der Waals surface area contributed by atoms with Crippen LogP contribution in [0, 0.1) is 5.41 Å². The summed E-state index contributed by atoms with van der Waals surface area (Å²) in [5, 5.41) is 3.86.